The van der Waals surface area contributed by atoms with Crippen molar-refractivity contribution in [2.45, 2.75) is 20.0 Å². The molecule has 0 spiro atoms. The summed E-state index contributed by atoms with van der Waals surface area (Å²) in [5, 5.41) is 0. The average molecular weight is 195 g/mol. The van der Waals surface area contributed by atoms with Crippen molar-refractivity contribution >= 4 is 5.97 Å². The summed E-state index contributed by atoms with van der Waals surface area (Å²) in [6.07, 6.45) is 2.62. The van der Waals surface area contributed by atoms with Crippen LogP contribution in [0.15, 0.2) is 24.5 Å². The Bertz CT molecular complexity index is 287. The monoisotopic (exact) mass is 195 g/mol. The molecule has 0 N–H and O–H groups in total. The topological polar surface area (TPSA) is 48.4 Å². The lowest BCUT2D eigenvalue weighted by Crippen LogP contribution is -2.25. The summed E-state index contributed by atoms with van der Waals surface area (Å²) in [6.45, 7) is 3.78. The number of ether oxygens (including phenoxy) is 2. The molecule has 0 amide bonds. The Morgan fingerprint density at radius 3 is 2.71 bits per heavy atom. The van der Waals surface area contributed by atoms with Crippen LogP contribution in [-0.4, -0.2) is 23.7 Å². The molecule has 0 radical (unpaired) electrons. The van der Waals surface area contributed by atoms with Gasteiger partial charge in [-0.1, -0.05) is 0 Å². The lowest BCUT2D eigenvalue weighted by Gasteiger charge is -2.12. The molecule has 1 rings (SSSR count). The molecule has 1 aromatic rings. The highest BCUT2D eigenvalue weighted by molar-refractivity contribution is 5.74. The molecular weight excluding hydrogens is 182 g/mol. The van der Waals surface area contributed by atoms with E-state index in [0.29, 0.717) is 12.4 Å². The van der Waals surface area contributed by atoms with Gasteiger partial charge in [0.25, 0.3) is 0 Å². The molecule has 76 valence electrons. The standard InChI is InChI=1S/C10H13NO3/c1-3-13-10(12)8(2)14-9-4-6-11-7-5-9/h4-8H,3H2,1-2H3. The van der Waals surface area contributed by atoms with Gasteiger partial charge in [-0.2, -0.15) is 0 Å². The first-order valence-corrected chi connectivity index (χ1v) is 4.47. The van der Waals surface area contributed by atoms with Gasteiger partial charge in [0, 0.05) is 12.4 Å². The number of nitrogens with zero attached hydrogens (tertiary/aromatic N) is 1. The maximum Gasteiger partial charge on any atom is 0.347 e. The van der Waals surface area contributed by atoms with Gasteiger partial charge in [-0.15, -0.1) is 0 Å². The van der Waals surface area contributed by atoms with E-state index in [2.05, 4.69) is 4.98 Å². The van der Waals surface area contributed by atoms with E-state index in [-0.39, 0.29) is 5.97 Å². The highest BCUT2D eigenvalue weighted by atomic mass is 16.6. The second-order valence-electron chi connectivity index (χ2n) is 2.70. The van der Waals surface area contributed by atoms with E-state index in [1.165, 1.54) is 0 Å². The van der Waals surface area contributed by atoms with Gasteiger partial charge in [0.1, 0.15) is 5.75 Å². The fourth-order valence-corrected chi connectivity index (χ4v) is 0.929. The van der Waals surface area contributed by atoms with Crippen LogP contribution in [0.5, 0.6) is 5.75 Å². The minimum absolute atomic E-state index is 0.357. The van der Waals surface area contributed by atoms with E-state index >= 15 is 0 Å². The van der Waals surface area contributed by atoms with E-state index in [4.69, 9.17) is 9.47 Å². The minimum atomic E-state index is -0.586. The Balaban J connectivity index is 2.49. The van der Waals surface area contributed by atoms with Crippen molar-refractivity contribution < 1.29 is 14.3 Å². The molecule has 0 fully saturated rings. The van der Waals surface area contributed by atoms with Gasteiger partial charge in [0.15, 0.2) is 6.10 Å². The highest BCUT2D eigenvalue weighted by Crippen LogP contribution is 2.09. The first kappa shape index (κ1) is 10.5. The molecule has 1 unspecified atom stereocenters. The van der Waals surface area contributed by atoms with Crippen LogP contribution in [0.3, 0.4) is 0 Å². The lowest BCUT2D eigenvalue weighted by molar-refractivity contribution is -0.150. The molecule has 0 saturated carbocycles. The molecule has 0 aliphatic carbocycles. The van der Waals surface area contributed by atoms with Crippen molar-refractivity contribution in [3.63, 3.8) is 0 Å². The van der Waals surface area contributed by atoms with Crippen molar-refractivity contribution in [1.29, 1.82) is 0 Å². The first-order valence-electron chi connectivity index (χ1n) is 4.47. The summed E-state index contributed by atoms with van der Waals surface area (Å²) < 4.78 is 10.1. The van der Waals surface area contributed by atoms with Gasteiger partial charge in [0.05, 0.1) is 6.61 Å². The smallest absolute Gasteiger partial charge is 0.347 e. The number of pyridine rings is 1. The fourth-order valence-electron chi connectivity index (χ4n) is 0.929. The van der Waals surface area contributed by atoms with Gasteiger partial charge in [-0.3, -0.25) is 4.98 Å². The van der Waals surface area contributed by atoms with Gasteiger partial charge >= 0.3 is 5.97 Å². The third-order valence-corrected chi connectivity index (χ3v) is 1.58. The summed E-state index contributed by atoms with van der Waals surface area (Å²) >= 11 is 0. The van der Waals surface area contributed by atoms with E-state index in [9.17, 15) is 4.79 Å². The molecule has 0 aromatic carbocycles. The Morgan fingerprint density at radius 2 is 2.14 bits per heavy atom. The van der Waals surface area contributed by atoms with Gasteiger partial charge in [-0.25, -0.2) is 4.79 Å². The molecule has 1 heterocycles. The molecule has 0 bridgehead atoms. The second-order valence-corrected chi connectivity index (χ2v) is 2.70. The molecule has 0 aliphatic rings. The highest BCUT2D eigenvalue weighted by Gasteiger charge is 2.14. The Morgan fingerprint density at radius 1 is 1.50 bits per heavy atom. The normalized spacial score (nSPS) is 11.9. The fraction of sp³-hybridized carbons (Fsp3) is 0.400. The molecule has 0 saturated heterocycles. The van der Waals surface area contributed by atoms with E-state index < -0.39 is 6.10 Å². The predicted octanol–water partition coefficient (Wildman–Crippen LogP) is 1.41. The summed E-state index contributed by atoms with van der Waals surface area (Å²) in [7, 11) is 0. The zero-order valence-electron chi connectivity index (χ0n) is 8.27. The van der Waals surface area contributed by atoms with Gasteiger partial charge < -0.3 is 9.47 Å². The largest absolute Gasteiger partial charge is 0.479 e. The summed E-state index contributed by atoms with van der Waals surface area (Å²) in [5.41, 5.74) is 0. The van der Waals surface area contributed by atoms with Crippen molar-refractivity contribution in [2.75, 3.05) is 6.61 Å². The molecule has 4 heteroatoms. The van der Waals surface area contributed by atoms with E-state index in [1.807, 2.05) is 0 Å². The van der Waals surface area contributed by atoms with Crippen molar-refractivity contribution in [3.8, 4) is 5.75 Å². The van der Waals surface area contributed by atoms with Crippen LogP contribution in [0.1, 0.15) is 13.8 Å². The van der Waals surface area contributed by atoms with Crippen molar-refractivity contribution in [2.24, 2.45) is 0 Å². The second kappa shape index (κ2) is 5.21. The molecule has 0 aliphatic heterocycles. The van der Waals surface area contributed by atoms with Crippen LogP contribution >= 0.6 is 0 Å². The molecule has 14 heavy (non-hydrogen) atoms. The number of rotatable bonds is 4. The SMILES string of the molecule is CCOC(=O)C(C)Oc1ccncc1. The van der Waals surface area contributed by atoms with Crippen LogP contribution in [0.25, 0.3) is 0 Å². The predicted molar refractivity (Wildman–Crippen MR) is 51.0 cm³/mol. The molecular formula is C10H13NO3. The molecule has 4 nitrogen and oxygen atoms in total. The summed E-state index contributed by atoms with van der Waals surface area (Å²) in [5.74, 6) is 0.255. The van der Waals surface area contributed by atoms with E-state index in [1.54, 1.807) is 38.4 Å². The van der Waals surface area contributed by atoms with Crippen molar-refractivity contribution in [1.82, 2.24) is 4.98 Å². The number of carbonyl (C=O) groups is 1. The number of carbonyl (C=O) groups excluding carboxylic acids is 1. The zero-order valence-corrected chi connectivity index (χ0v) is 8.27. The Hall–Kier alpha value is -1.58. The Labute approximate surface area is 82.9 Å². The quantitative estimate of drug-likeness (QED) is 0.681. The zero-order chi connectivity index (χ0) is 10.4. The third kappa shape index (κ3) is 3.05. The lowest BCUT2D eigenvalue weighted by atomic mass is 10.4. The van der Waals surface area contributed by atoms with Crippen molar-refractivity contribution in [3.05, 3.63) is 24.5 Å². The summed E-state index contributed by atoms with van der Waals surface area (Å²) in [6, 6.07) is 3.38. The average Bonchev–Trinajstić information content (AvgIpc) is 2.19. The molecule has 1 atom stereocenters. The van der Waals surface area contributed by atoms with Crippen LogP contribution in [0.4, 0.5) is 0 Å². The van der Waals surface area contributed by atoms with Crippen LogP contribution in [0, 0.1) is 0 Å². The minimum Gasteiger partial charge on any atom is -0.479 e. The number of hydrogen-bond donors (Lipinski definition) is 0. The Kier molecular flexibility index (Phi) is 3.91. The maximum absolute atomic E-state index is 11.2. The maximum atomic E-state index is 11.2. The third-order valence-electron chi connectivity index (χ3n) is 1.58. The first-order chi connectivity index (χ1) is 6.74. The van der Waals surface area contributed by atoms with Gasteiger partial charge in [-0.05, 0) is 26.0 Å². The van der Waals surface area contributed by atoms with Crippen LogP contribution in [0.2, 0.25) is 0 Å². The number of esters is 1. The number of aromatic nitrogens is 1. The number of hydrogen-bond acceptors (Lipinski definition) is 4. The van der Waals surface area contributed by atoms with Crippen LogP contribution in [-0.2, 0) is 9.53 Å². The van der Waals surface area contributed by atoms with E-state index in [0.717, 1.165) is 0 Å². The van der Waals surface area contributed by atoms with Crippen LogP contribution < -0.4 is 4.74 Å². The van der Waals surface area contributed by atoms with Gasteiger partial charge in [0.2, 0.25) is 0 Å². The molecule has 1 aromatic heterocycles. The summed E-state index contributed by atoms with van der Waals surface area (Å²) in [4.78, 5) is 15.0.